The van der Waals surface area contributed by atoms with Gasteiger partial charge in [0, 0.05) is 19.6 Å². The van der Waals surface area contributed by atoms with E-state index in [4.69, 9.17) is 5.73 Å². The van der Waals surface area contributed by atoms with Gasteiger partial charge in [-0.3, -0.25) is 4.79 Å². The van der Waals surface area contributed by atoms with Gasteiger partial charge in [-0.25, -0.2) is 0 Å². The van der Waals surface area contributed by atoms with Crippen LogP contribution in [0.5, 0.6) is 0 Å². The number of carbonyl (C=O) groups excluding carboxylic acids is 1. The summed E-state index contributed by atoms with van der Waals surface area (Å²) in [7, 11) is 0. The van der Waals surface area contributed by atoms with E-state index < -0.39 is 0 Å². The fraction of sp³-hybridized carbons (Fsp3) is 0.923. The Morgan fingerprint density at radius 2 is 1.94 bits per heavy atom. The Morgan fingerprint density at radius 1 is 1.38 bits per heavy atom. The van der Waals surface area contributed by atoms with Crippen LogP contribution >= 0.6 is 0 Å². The molecule has 0 spiro atoms. The first-order valence-corrected chi connectivity index (χ1v) is 6.56. The van der Waals surface area contributed by atoms with E-state index in [2.05, 4.69) is 6.92 Å². The van der Waals surface area contributed by atoms with E-state index in [0.29, 0.717) is 6.54 Å². The molecule has 3 nitrogen and oxygen atoms in total. The number of likely N-dealkylation sites (tertiary alicyclic amines) is 1. The Kier molecular flexibility index (Phi) is 4.78. The molecule has 1 saturated heterocycles. The van der Waals surface area contributed by atoms with Crippen LogP contribution in [0, 0.1) is 11.3 Å². The standard InChI is InChI=1S/C13H26N2O/c1-4-11-6-8-15(9-7-11)12(16)13(3,5-2)10-14/h11H,4-10,14H2,1-3H3. The lowest BCUT2D eigenvalue weighted by molar-refractivity contribution is -0.142. The molecule has 0 aromatic rings. The first-order valence-electron chi connectivity index (χ1n) is 6.56. The van der Waals surface area contributed by atoms with Crippen LogP contribution in [0.15, 0.2) is 0 Å². The summed E-state index contributed by atoms with van der Waals surface area (Å²) >= 11 is 0. The molecule has 0 radical (unpaired) electrons. The molecule has 1 fully saturated rings. The normalized spacial score (nSPS) is 21.9. The molecule has 3 heteroatoms. The van der Waals surface area contributed by atoms with Crippen LogP contribution in [0.2, 0.25) is 0 Å². The van der Waals surface area contributed by atoms with Crippen molar-refractivity contribution in [3.05, 3.63) is 0 Å². The molecule has 1 unspecified atom stereocenters. The van der Waals surface area contributed by atoms with Gasteiger partial charge in [-0.2, -0.15) is 0 Å². The molecule has 0 aliphatic carbocycles. The Hall–Kier alpha value is -0.570. The summed E-state index contributed by atoms with van der Waals surface area (Å²) in [5, 5.41) is 0. The van der Waals surface area contributed by atoms with Crippen LogP contribution in [0.3, 0.4) is 0 Å². The zero-order valence-corrected chi connectivity index (χ0v) is 11.0. The Bertz CT molecular complexity index is 228. The van der Waals surface area contributed by atoms with Crippen LogP contribution in [0.25, 0.3) is 0 Å². The summed E-state index contributed by atoms with van der Waals surface area (Å²) in [4.78, 5) is 14.3. The number of piperidine rings is 1. The minimum absolute atomic E-state index is 0.257. The second-order valence-electron chi connectivity index (χ2n) is 5.26. The first-order chi connectivity index (χ1) is 7.57. The number of hydrogen-bond donors (Lipinski definition) is 1. The SMILES string of the molecule is CCC1CCN(C(=O)C(C)(CC)CN)CC1. The molecule has 0 bridgehead atoms. The van der Waals surface area contributed by atoms with Crippen molar-refractivity contribution in [1.82, 2.24) is 4.90 Å². The third-order valence-corrected chi connectivity index (χ3v) is 4.23. The van der Waals surface area contributed by atoms with Gasteiger partial charge in [0.25, 0.3) is 0 Å². The minimum atomic E-state index is -0.348. The largest absolute Gasteiger partial charge is 0.342 e. The topological polar surface area (TPSA) is 46.3 Å². The zero-order chi connectivity index (χ0) is 12.2. The number of amides is 1. The highest BCUT2D eigenvalue weighted by Crippen LogP contribution is 2.27. The average Bonchev–Trinajstić information content (AvgIpc) is 2.37. The number of nitrogens with zero attached hydrogens (tertiary/aromatic N) is 1. The van der Waals surface area contributed by atoms with Gasteiger partial charge in [0.05, 0.1) is 5.41 Å². The van der Waals surface area contributed by atoms with Crippen molar-refractivity contribution >= 4 is 5.91 Å². The molecule has 94 valence electrons. The average molecular weight is 226 g/mol. The van der Waals surface area contributed by atoms with Crippen molar-refractivity contribution in [1.29, 1.82) is 0 Å². The molecule has 16 heavy (non-hydrogen) atoms. The number of hydrogen-bond acceptors (Lipinski definition) is 2. The maximum Gasteiger partial charge on any atom is 0.229 e. The van der Waals surface area contributed by atoms with Gasteiger partial charge in [0.1, 0.15) is 0 Å². The molecule has 2 N–H and O–H groups in total. The van der Waals surface area contributed by atoms with Gasteiger partial charge in [-0.1, -0.05) is 20.3 Å². The van der Waals surface area contributed by atoms with Crippen LogP contribution in [0.4, 0.5) is 0 Å². The first kappa shape index (κ1) is 13.5. The monoisotopic (exact) mass is 226 g/mol. The molecule has 1 heterocycles. The Labute approximate surface area is 99.4 Å². The van der Waals surface area contributed by atoms with Crippen LogP contribution in [-0.4, -0.2) is 30.4 Å². The lowest BCUT2D eigenvalue weighted by Gasteiger charge is -2.37. The highest BCUT2D eigenvalue weighted by Gasteiger charge is 2.35. The molecule has 0 saturated carbocycles. The lowest BCUT2D eigenvalue weighted by Crippen LogP contribution is -2.48. The van der Waals surface area contributed by atoms with E-state index in [-0.39, 0.29) is 11.3 Å². The van der Waals surface area contributed by atoms with E-state index in [1.165, 1.54) is 6.42 Å². The van der Waals surface area contributed by atoms with Crippen molar-refractivity contribution in [2.45, 2.75) is 46.5 Å². The van der Waals surface area contributed by atoms with Crippen LogP contribution in [-0.2, 0) is 4.79 Å². The molecule has 1 aliphatic rings. The Morgan fingerprint density at radius 3 is 2.31 bits per heavy atom. The van der Waals surface area contributed by atoms with Crippen LogP contribution in [0.1, 0.15) is 46.5 Å². The van der Waals surface area contributed by atoms with E-state index in [9.17, 15) is 4.79 Å². The van der Waals surface area contributed by atoms with Crippen molar-refractivity contribution in [3.63, 3.8) is 0 Å². The predicted molar refractivity (Wildman–Crippen MR) is 67.0 cm³/mol. The summed E-state index contributed by atoms with van der Waals surface area (Å²) in [6, 6.07) is 0. The second-order valence-corrected chi connectivity index (χ2v) is 5.26. The zero-order valence-electron chi connectivity index (χ0n) is 11.0. The van der Waals surface area contributed by atoms with Gasteiger partial charge >= 0.3 is 0 Å². The highest BCUT2D eigenvalue weighted by atomic mass is 16.2. The van der Waals surface area contributed by atoms with Gasteiger partial charge in [-0.15, -0.1) is 0 Å². The van der Waals surface area contributed by atoms with E-state index >= 15 is 0 Å². The van der Waals surface area contributed by atoms with Gasteiger partial charge in [0.15, 0.2) is 0 Å². The lowest BCUT2D eigenvalue weighted by atomic mass is 9.84. The number of carbonyl (C=O) groups is 1. The summed E-state index contributed by atoms with van der Waals surface area (Å²) in [5.41, 5.74) is 5.38. The smallest absolute Gasteiger partial charge is 0.229 e. The van der Waals surface area contributed by atoms with Crippen molar-refractivity contribution in [2.24, 2.45) is 17.1 Å². The number of rotatable bonds is 4. The molecule has 1 aliphatic heterocycles. The Balaban J connectivity index is 2.56. The van der Waals surface area contributed by atoms with E-state index in [0.717, 1.165) is 38.3 Å². The van der Waals surface area contributed by atoms with E-state index in [1.54, 1.807) is 0 Å². The highest BCUT2D eigenvalue weighted by molar-refractivity contribution is 5.82. The molecule has 1 atom stereocenters. The summed E-state index contributed by atoms with van der Waals surface area (Å²) in [6.07, 6.45) is 4.39. The summed E-state index contributed by atoms with van der Waals surface area (Å²) < 4.78 is 0. The van der Waals surface area contributed by atoms with Crippen LogP contribution < -0.4 is 5.73 Å². The minimum Gasteiger partial charge on any atom is -0.342 e. The predicted octanol–water partition coefficient (Wildman–Crippen LogP) is 2.01. The number of nitrogens with two attached hydrogens (primary N) is 1. The molecule has 0 aromatic carbocycles. The third-order valence-electron chi connectivity index (χ3n) is 4.23. The molecule has 0 aromatic heterocycles. The molecule has 1 amide bonds. The van der Waals surface area contributed by atoms with Crippen molar-refractivity contribution < 1.29 is 4.79 Å². The second kappa shape index (κ2) is 5.67. The molecular weight excluding hydrogens is 200 g/mol. The fourth-order valence-corrected chi connectivity index (χ4v) is 2.31. The quantitative estimate of drug-likeness (QED) is 0.797. The van der Waals surface area contributed by atoms with E-state index in [1.807, 2.05) is 18.7 Å². The van der Waals surface area contributed by atoms with Gasteiger partial charge in [0.2, 0.25) is 5.91 Å². The summed E-state index contributed by atoms with van der Waals surface area (Å²) in [5.74, 6) is 1.07. The third kappa shape index (κ3) is 2.76. The summed E-state index contributed by atoms with van der Waals surface area (Å²) in [6.45, 7) is 8.57. The van der Waals surface area contributed by atoms with Gasteiger partial charge in [-0.05, 0) is 32.1 Å². The van der Waals surface area contributed by atoms with Crippen molar-refractivity contribution in [2.75, 3.05) is 19.6 Å². The van der Waals surface area contributed by atoms with Crippen molar-refractivity contribution in [3.8, 4) is 0 Å². The fourth-order valence-electron chi connectivity index (χ4n) is 2.31. The van der Waals surface area contributed by atoms with Gasteiger partial charge < -0.3 is 10.6 Å². The maximum absolute atomic E-state index is 12.3. The maximum atomic E-state index is 12.3. The molecular formula is C13H26N2O. The molecule has 1 rings (SSSR count).